The van der Waals surface area contributed by atoms with Crippen molar-refractivity contribution < 1.29 is 36.9 Å². The second-order valence-electron chi connectivity index (χ2n) is 11.7. The molecule has 3 heterocycles. The second kappa shape index (κ2) is 14.3. The average molecular weight is 660 g/mol. The fourth-order valence-corrected chi connectivity index (χ4v) is 5.13. The number of nitrogens with one attached hydrogen (secondary N) is 1. The smallest absolute Gasteiger partial charge is 0.247 e. The predicted octanol–water partition coefficient (Wildman–Crippen LogP) is 6.38. The number of ether oxygens (including phenoxy) is 4. The van der Waals surface area contributed by atoms with Gasteiger partial charge in [-0.1, -0.05) is 0 Å². The number of carbonyl (C=O) groups excluding carboxylic acids is 1. The SMILES string of the molecule is COc1cc2c(Oc3ccc(NC(=O)C(C)(C)c4nnc(-c5ccc(F)cc5)o4)cc3F)ccnc2cc1OCCCN1CCOCC1. The number of hydrogen-bond donors (Lipinski definition) is 1. The van der Waals surface area contributed by atoms with E-state index in [-0.39, 0.29) is 23.2 Å². The first-order chi connectivity index (χ1) is 23.2. The lowest BCUT2D eigenvalue weighted by Gasteiger charge is -2.26. The molecule has 48 heavy (non-hydrogen) atoms. The van der Waals surface area contributed by atoms with Gasteiger partial charge in [-0.2, -0.15) is 0 Å². The third-order valence-corrected chi connectivity index (χ3v) is 8.00. The molecule has 6 rings (SSSR count). The molecule has 0 saturated carbocycles. The summed E-state index contributed by atoms with van der Waals surface area (Å²) in [5.74, 6) is -0.0524. The van der Waals surface area contributed by atoms with Crippen LogP contribution in [0.5, 0.6) is 23.0 Å². The quantitative estimate of drug-likeness (QED) is 0.151. The van der Waals surface area contributed by atoms with Crippen molar-refractivity contribution in [3.63, 3.8) is 0 Å². The van der Waals surface area contributed by atoms with Gasteiger partial charge in [0.2, 0.25) is 17.7 Å². The maximum atomic E-state index is 15.3. The molecule has 0 atom stereocenters. The van der Waals surface area contributed by atoms with E-state index in [1.54, 1.807) is 45.4 Å². The molecule has 0 bridgehead atoms. The number of anilines is 1. The van der Waals surface area contributed by atoms with E-state index >= 15 is 4.39 Å². The van der Waals surface area contributed by atoms with E-state index in [0.717, 1.165) is 45.3 Å². The Morgan fingerprint density at radius 1 is 0.958 bits per heavy atom. The Labute approximate surface area is 275 Å². The summed E-state index contributed by atoms with van der Waals surface area (Å²) in [7, 11) is 1.55. The highest BCUT2D eigenvalue weighted by molar-refractivity contribution is 5.98. The summed E-state index contributed by atoms with van der Waals surface area (Å²) in [5, 5.41) is 11.3. The minimum atomic E-state index is -1.27. The summed E-state index contributed by atoms with van der Waals surface area (Å²) in [6.45, 7) is 7.97. The Hall–Kier alpha value is -5.14. The van der Waals surface area contributed by atoms with Crippen molar-refractivity contribution >= 4 is 22.5 Å². The normalized spacial score (nSPS) is 13.8. The first-order valence-electron chi connectivity index (χ1n) is 15.5. The fraction of sp³-hybridized carbons (Fsp3) is 0.314. The lowest BCUT2D eigenvalue weighted by atomic mass is 9.92. The molecule has 1 fully saturated rings. The second-order valence-corrected chi connectivity index (χ2v) is 11.7. The van der Waals surface area contributed by atoms with Crippen LogP contribution in [-0.4, -0.2) is 72.6 Å². The van der Waals surface area contributed by atoms with E-state index in [4.69, 9.17) is 23.4 Å². The Balaban J connectivity index is 1.12. The first kappa shape index (κ1) is 32.8. The van der Waals surface area contributed by atoms with Crippen molar-refractivity contribution in [1.29, 1.82) is 0 Å². The number of amides is 1. The van der Waals surface area contributed by atoms with E-state index in [2.05, 4.69) is 25.4 Å². The number of morpholine rings is 1. The number of fused-ring (bicyclic) bond motifs is 1. The van der Waals surface area contributed by atoms with E-state index in [1.807, 2.05) is 0 Å². The van der Waals surface area contributed by atoms with E-state index in [9.17, 15) is 9.18 Å². The number of benzene rings is 3. The number of carbonyl (C=O) groups is 1. The molecule has 1 aliphatic rings. The van der Waals surface area contributed by atoms with Crippen molar-refractivity contribution in [1.82, 2.24) is 20.1 Å². The lowest BCUT2D eigenvalue weighted by Crippen LogP contribution is -2.37. The molecular formula is C35H35F2N5O6. The van der Waals surface area contributed by atoms with Gasteiger partial charge in [-0.05, 0) is 68.8 Å². The van der Waals surface area contributed by atoms with E-state index < -0.39 is 23.0 Å². The van der Waals surface area contributed by atoms with Gasteiger partial charge in [-0.15, -0.1) is 10.2 Å². The molecule has 3 aromatic carbocycles. The maximum Gasteiger partial charge on any atom is 0.247 e. The molecule has 1 saturated heterocycles. The summed E-state index contributed by atoms with van der Waals surface area (Å²) in [4.78, 5) is 20.0. The summed E-state index contributed by atoms with van der Waals surface area (Å²) in [5.41, 5.74) is 0.0323. The minimum absolute atomic E-state index is 0.0429. The van der Waals surface area contributed by atoms with Crippen LogP contribution in [0.25, 0.3) is 22.4 Å². The van der Waals surface area contributed by atoms with E-state index in [1.165, 1.54) is 36.4 Å². The molecule has 13 heteroatoms. The van der Waals surface area contributed by atoms with Crippen LogP contribution < -0.4 is 19.5 Å². The Morgan fingerprint density at radius 2 is 1.75 bits per heavy atom. The molecule has 1 amide bonds. The van der Waals surface area contributed by atoms with Crippen LogP contribution in [0.3, 0.4) is 0 Å². The van der Waals surface area contributed by atoms with Gasteiger partial charge in [-0.25, -0.2) is 8.78 Å². The standard InChI is InChI=1S/C35H35F2N5O6/c1-35(2,34-41-40-32(48-34)22-5-7-23(36)8-6-22)33(43)39-24-9-10-29(26(37)19-24)47-28-11-12-38-27-21-31(30(44-3)20-25(27)28)46-16-4-13-42-14-17-45-18-15-42/h5-12,19-21H,4,13-18H2,1-3H3,(H,39,43). The lowest BCUT2D eigenvalue weighted by molar-refractivity contribution is -0.121. The molecule has 0 aliphatic carbocycles. The number of methoxy groups -OCH3 is 1. The number of nitrogens with zero attached hydrogens (tertiary/aromatic N) is 4. The Morgan fingerprint density at radius 3 is 2.50 bits per heavy atom. The highest BCUT2D eigenvalue weighted by Gasteiger charge is 2.36. The average Bonchev–Trinajstić information content (AvgIpc) is 3.60. The molecule has 0 radical (unpaired) electrons. The molecule has 1 N–H and O–H groups in total. The number of pyridine rings is 1. The van der Waals surface area contributed by atoms with Crippen LogP contribution >= 0.6 is 0 Å². The zero-order valence-corrected chi connectivity index (χ0v) is 26.8. The van der Waals surface area contributed by atoms with Gasteiger partial charge in [0.25, 0.3) is 0 Å². The molecule has 2 aromatic heterocycles. The first-order valence-corrected chi connectivity index (χ1v) is 15.5. The molecule has 250 valence electrons. The topological polar surface area (TPSA) is 121 Å². The monoisotopic (exact) mass is 659 g/mol. The number of hydrogen-bond acceptors (Lipinski definition) is 10. The summed E-state index contributed by atoms with van der Waals surface area (Å²) in [6, 6.07) is 14.8. The molecule has 1 aliphatic heterocycles. The van der Waals surface area contributed by atoms with Crippen LogP contribution in [0.4, 0.5) is 14.5 Å². The van der Waals surface area contributed by atoms with Crippen molar-refractivity contribution in [2.45, 2.75) is 25.7 Å². The Bertz CT molecular complexity index is 1890. The van der Waals surface area contributed by atoms with Gasteiger partial charge >= 0.3 is 0 Å². The van der Waals surface area contributed by atoms with Gasteiger partial charge < -0.3 is 28.7 Å². The van der Waals surface area contributed by atoms with Gasteiger partial charge in [0.15, 0.2) is 23.1 Å². The summed E-state index contributed by atoms with van der Waals surface area (Å²) in [6.07, 6.45) is 2.42. The number of rotatable bonds is 12. The predicted molar refractivity (Wildman–Crippen MR) is 173 cm³/mol. The number of halogens is 2. The number of aromatic nitrogens is 3. The van der Waals surface area contributed by atoms with Gasteiger partial charge in [0.1, 0.15) is 17.0 Å². The van der Waals surface area contributed by atoms with Gasteiger partial charge in [0, 0.05) is 54.6 Å². The van der Waals surface area contributed by atoms with Crippen molar-refractivity contribution in [2.75, 3.05) is 51.9 Å². The van der Waals surface area contributed by atoms with Gasteiger partial charge in [0.05, 0.1) is 32.4 Å². The van der Waals surface area contributed by atoms with Gasteiger partial charge in [-0.3, -0.25) is 14.7 Å². The maximum absolute atomic E-state index is 15.3. The highest BCUT2D eigenvalue weighted by Crippen LogP contribution is 2.38. The van der Waals surface area contributed by atoms with Crippen molar-refractivity contribution in [2.24, 2.45) is 0 Å². The zero-order chi connectivity index (χ0) is 33.7. The van der Waals surface area contributed by atoms with Crippen LogP contribution in [-0.2, 0) is 14.9 Å². The molecule has 11 nitrogen and oxygen atoms in total. The molecule has 0 spiro atoms. The zero-order valence-electron chi connectivity index (χ0n) is 26.8. The Kier molecular flexibility index (Phi) is 9.78. The van der Waals surface area contributed by atoms with Crippen molar-refractivity contribution in [3.8, 4) is 34.5 Å². The summed E-state index contributed by atoms with van der Waals surface area (Å²) < 4.78 is 57.4. The third-order valence-electron chi connectivity index (χ3n) is 8.00. The summed E-state index contributed by atoms with van der Waals surface area (Å²) >= 11 is 0. The van der Waals surface area contributed by atoms with Crippen molar-refractivity contribution in [3.05, 3.63) is 84.4 Å². The van der Waals surface area contributed by atoms with E-state index in [0.29, 0.717) is 40.3 Å². The van der Waals surface area contributed by atoms with Crippen LogP contribution in [0.15, 0.2) is 71.3 Å². The molecular weight excluding hydrogens is 624 g/mol. The fourth-order valence-electron chi connectivity index (χ4n) is 5.13. The third kappa shape index (κ3) is 7.37. The van der Waals surface area contributed by atoms with Crippen LogP contribution in [0.1, 0.15) is 26.2 Å². The highest BCUT2D eigenvalue weighted by atomic mass is 19.1. The molecule has 0 unspecified atom stereocenters. The largest absolute Gasteiger partial charge is 0.493 e. The van der Waals surface area contributed by atoms with Crippen LogP contribution in [0, 0.1) is 11.6 Å². The minimum Gasteiger partial charge on any atom is -0.493 e. The van der Waals surface area contributed by atoms with Crippen LogP contribution in [0.2, 0.25) is 0 Å². The molecule has 5 aromatic rings.